The van der Waals surface area contributed by atoms with Crippen LogP contribution in [0.2, 0.25) is 0 Å². The maximum atomic E-state index is 4.94. The summed E-state index contributed by atoms with van der Waals surface area (Å²) < 4.78 is 1.01. The summed E-state index contributed by atoms with van der Waals surface area (Å²) >= 11 is 19.8. The molecule has 136 valence electrons. The molecule has 0 atom stereocenters. The van der Waals surface area contributed by atoms with Gasteiger partial charge in [-0.15, -0.1) is 0 Å². The SMILES string of the molecule is CCN(C(=S)[S-])c1ccccc1.CCN(C(=S)[S-])c1ccccc1.[Ni+2]. The zero-order valence-electron chi connectivity index (χ0n) is 14.0. The number of rotatable bonds is 4. The van der Waals surface area contributed by atoms with E-state index >= 15 is 0 Å². The zero-order chi connectivity index (χ0) is 17.9. The summed E-state index contributed by atoms with van der Waals surface area (Å²) in [4.78, 5) is 3.84. The molecule has 0 aliphatic carbocycles. The average molecular weight is 451 g/mol. The molecule has 2 nitrogen and oxygen atoms in total. The van der Waals surface area contributed by atoms with Crippen molar-refractivity contribution in [3.63, 3.8) is 0 Å². The van der Waals surface area contributed by atoms with Crippen LogP contribution in [0.15, 0.2) is 60.7 Å². The monoisotopic (exact) mass is 450 g/mol. The minimum absolute atomic E-state index is 0. The topological polar surface area (TPSA) is 6.48 Å². The third kappa shape index (κ3) is 8.38. The molecular formula is C18H20N2NiS4. The standard InChI is InChI=1S/2C9H11NS2.Ni/c2*1-2-10(9(11)12)8-6-4-3-5-7-8;/h2*3-7H,2H2,1H3,(H,11,12);/q;;+2/p-2. The smallest absolute Gasteiger partial charge is 0.411 e. The van der Waals surface area contributed by atoms with Gasteiger partial charge in [-0.05, 0) is 38.1 Å². The van der Waals surface area contributed by atoms with Gasteiger partial charge in [0.1, 0.15) is 0 Å². The van der Waals surface area contributed by atoms with Crippen molar-refractivity contribution in [1.82, 2.24) is 0 Å². The Morgan fingerprint density at radius 2 is 1.00 bits per heavy atom. The van der Waals surface area contributed by atoms with Crippen LogP contribution in [0.25, 0.3) is 0 Å². The van der Waals surface area contributed by atoms with Crippen LogP contribution < -0.4 is 9.80 Å². The van der Waals surface area contributed by atoms with Crippen molar-refractivity contribution in [2.45, 2.75) is 13.8 Å². The molecule has 2 aromatic carbocycles. The van der Waals surface area contributed by atoms with Gasteiger partial charge in [-0.1, -0.05) is 45.0 Å². The Balaban J connectivity index is 0.000000443. The van der Waals surface area contributed by atoms with E-state index in [-0.39, 0.29) is 16.5 Å². The number of para-hydroxylation sites is 2. The van der Waals surface area contributed by atoms with Gasteiger partial charge in [-0.3, -0.25) is 0 Å². The second-order valence-corrected chi connectivity index (χ2v) is 6.76. The van der Waals surface area contributed by atoms with Crippen LogP contribution in [0, 0.1) is 0 Å². The summed E-state index contributed by atoms with van der Waals surface area (Å²) in [7, 11) is 0. The zero-order valence-corrected chi connectivity index (χ0v) is 18.3. The first-order valence-electron chi connectivity index (χ1n) is 7.58. The van der Waals surface area contributed by atoms with Gasteiger partial charge in [-0.25, -0.2) is 0 Å². The molecule has 2 rings (SSSR count). The number of anilines is 2. The van der Waals surface area contributed by atoms with Crippen LogP contribution in [-0.4, -0.2) is 21.7 Å². The summed E-state index contributed by atoms with van der Waals surface area (Å²) in [5, 5.41) is 0. The maximum Gasteiger partial charge on any atom is 2.00 e. The molecule has 0 amide bonds. The van der Waals surface area contributed by atoms with Crippen LogP contribution in [0.1, 0.15) is 13.8 Å². The van der Waals surface area contributed by atoms with Gasteiger partial charge < -0.3 is 59.5 Å². The molecule has 0 N–H and O–H groups in total. The normalized spacial score (nSPS) is 9.04. The predicted octanol–water partition coefficient (Wildman–Crippen LogP) is 4.69. The summed E-state index contributed by atoms with van der Waals surface area (Å²) in [6.07, 6.45) is 0. The Bertz CT molecular complexity index is 581. The van der Waals surface area contributed by atoms with E-state index in [0.717, 1.165) is 24.5 Å². The Kier molecular flexibility index (Phi) is 12.9. The number of thiocarbonyl (C=S) groups is 2. The third-order valence-corrected chi connectivity index (χ3v) is 4.09. The molecule has 0 saturated carbocycles. The van der Waals surface area contributed by atoms with Crippen LogP contribution in [0.4, 0.5) is 11.4 Å². The third-order valence-electron chi connectivity index (χ3n) is 3.21. The minimum atomic E-state index is 0. The van der Waals surface area contributed by atoms with Gasteiger partial charge in [0, 0.05) is 24.5 Å². The Labute approximate surface area is 182 Å². The van der Waals surface area contributed by atoms with E-state index in [4.69, 9.17) is 49.7 Å². The molecule has 0 aliphatic rings. The molecule has 7 heteroatoms. The van der Waals surface area contributed by atoms with E-state index in [1.165, 1.54) is 0 Å². The Morgan fingerprint density at radius 3 is 1.20 bits per heavy atom. The van der Waals surface area contributed by atoms with Crippen LogP contribution in [0.5, 0.6) is 0 Å². The number of nitrogens with zero attached hydrogens (tertiary/aromatic N) is 2. The Hall–Kier alpha value is -0.846. The Morgan fingerprint density at radius 1 is 0.720 bits per heavy atom. The van der Waals surface area contributed by atoms with Crippen LogP contribution >= 0.6 is 24.4 Å². The molecule has 0 unspecified atom stereocenters. The molecule has 0 fully saturated rings. The number of hydrogen-bond donors (Lipinski definition) is 0. The molecule has 2 aromatic rings. The summed E-state index contributed by atoms with van der Waals surface area (Å²) in [6.45, 7) is 5.72. The van der Waals surface area contributed by atoms with Gasteiger partial charge >= 0.3 is 16.5 Å². The van der Waals surface area contributed by atoms with E-state index in [9.17, 15) is 0 Å². The molecule has 25 heavy (non-hydrogen) atoms. The molecule has 0 bridgehead atoms. The second kappa shape index (κ2) is 13.4. The maximum absolute atomic E-state index is 4.94. The molecule has 0 aliphatic heterocycles. The number of benzene rings is 2. The fourth-order valence-corrected chi connectivity index (χ4v) is 2.99. The minimum Gasteiger partial charge on any atom is -0.411 e. The van der Waals surface area contributed by atoms with Crippen LogP contribution in [0.3, 0.4) is 0 Å². The second-order valence-electron chi connectivity index (χ2n) is 4.69. The van der Waals surface area contributed by atoms with E-state index in [0.29, 0.717) is 8.64 Å². The van der Waals surface area contributed by atoms with E-state index < -0.39 is 0 Å². The molecule has 0 radical (unpaired) electrons. The average Bonchev–Trinajstić information content (AvgIpc) is 2.58. The van der Waals surface area contributed by atoms with Crippen molar-refractivity contribution in [2.75, 3.05) is 22.9 Å². The van der Waals surface area contributed by atoms with Gasteiger partial charge in [0.25, 0.3) is 0 Å². The molecule has 0 heterocycles. The number of hydrogen-bond acceptors (Lipinski definition) is 4. The van der Waals surface area contributed by atoms with E-state index in [1.54, 1.807) is 0 Å². The van der Waals surface area contributed by atoms with Gasteiger partial charge in [0.05, 0.1) is 0 Å². The fraction of sp³-hybridized carbons (Fsp3) is 0.222. The van der Waals surface area contributed by atoms with Crippen molar-refractivity contribution >= 4 is 69.7 Å². The fourth-order valence-electron chi connectivity index (χ4n) is 2.05. The first-order chi connectivity index (χ1) is 11.5. The quantitative estimate of drug-likeness (QED) is 0.376. The van der Waals surface area contributed by atoms with Crippen molar-refractivity contribution in [1.29, 1.82) is 0 Å². The van der Waals surface area contributed by atoms with E-state index in [2.05, 4.69) is 0 Å². The van der Waals surface area contributed by atoms with Gasteiger partial charge in [-0.2, -0.15) is 0 Å². The van der Waals surface area contributed by atoms with Gasteiger partial charge in [0.2, 0.25) is 0 Å². The van der Waals surface area contributed by atoms with Crippen molar-refractivity contribution in [3.8, 4) is 0 Å². The molecule has 0 spiro atoms. The van der Waals surface area contributed by atoms with E-state index in [1.807, 2.05) is 84.3 Å². The van der Waals surface area contributed by atoms with Crippen LogP contribution in [-0.2, 0) is 41.7 Å². The summed E-state index contributed by atoms with van der Waals surface area (Å²) in [5.41, 5.74) is 2.14. The molecule has 0 aromatic heterocycles. The molecular weight excluding hydrogens is 431 g/mol. The van der Waals surface area contributed by atoms with Crippen molar-refractivity contribution < 1.29 is 16.5 Å². The van der Waals surface area contributed by atoms with Crippen molar-refractivity contribution in [3.05, 3.63) is 60.7 Å². The van der Waals surface area contributed by atoms with Crippen molar-refractivity contribution in [2.24, 2.45) is 0 Å². The summed E-state index contributed by atoms with van der Waals surface area (Å²) in [5.74, 6) is 0. The first kappa shape index (κ1) is 24.2. The largest absolute Gasteiger partial charge is 2.00 e. The molecule has 0 saturated heterocycles. The van der Waals surface area contributed by atoms with Gasteiger partial charge in [0.15, 0.2) is 0 Å². The first-order valence-corrected chi connectivity index (χ1v) is 9.21. The summed E-state index contributed by atoms with van der Waals surface area (Å²) in [6, 6.07) is 19.9. The predicted molar refractivity (Wildman–Crippen MR) is 119 cm³/mol.